The lowest BCUT2D eigenvalue weighted by atomic mass is 9.81. The van der Waals surface area contributed by atoms with Gasteiger partial charge in [0.15, 0.2) is 0 Å². The number of amides is 2. The third-order valence-corrected chi connectivity index (χ3v) is 5.33. The molecule has 1 saturated heterocycles. The summed E-state index contributed by atoms with van der Waals surface area (Å²) in [5, 5.41) is 3.55. The van der Waals surface area contributed by atoms with E-state index in [0.717, 1.165) is 5.56 Å². The van der Waals surface area contributed by atoms with Gasteiger partial charge in [-0.15, -0.1) is 0 Å². The molecular formula is C19H27Cl2N3O3. The maximum absolute atomic E-state index is 12.7. The number of nitrogens with zero attached hydrogens (tertiary/aromatic N) is 1. The second-order valence-electron chi connectivity index (χ2n) is 7.84. The molecule has 3 N–H and O–H groups in total. The second kappa shape index (κ2) is 8.67. The van der Waals surface area contributed by atoms with Gasteiger partial charge in [0.1, 0.15) is 5.60 Å². The molecule has 6 nitrogen and oxygen atoms in total. The number of nitrogens with two attached hydrogens (primary N) is 1. The van der Waals surface area contributed by atoms with E-state index in [1.165, 1.54) is 0 Å². The van der Waals surface area contributed by atoms with E-state index in [4.69, 9.17) is 33.7 Å². The van der Waals surface area contributed by atoms with Gasteiger partial charge in [0, 0.05) is 38.0 Å². The Balaban J connectivity index is 2.27. The fourth-order valence-corrected chi connectivity index (χ4v) is 3.59. The topological polar surface area (TPSA) is 84.7 Å². The Kier molecular flexibility index (Phi) is 7.00. The summed E-state index contributed by atoms with van der Waals surface area (Å²) in [6, 6.07) is 4.79. The second-order valence-corrected chi connectivity index (χ2v) is 8.66. The highest BCUT2D eigenvalue weighted by molar-refractivity contribution is 6.42. The van der Waals surface area contributed by atoms with Crippen molar-refractivity contribution in [3.8, 4) is 0 Å². The molecule has 1 aromatic carbocycles. The van der Waals surface area contributed by atoms with Crippen LogP contribution in [0.1, 0.15) is 45.1 Å². The minimum Gasteiger partial charge on any atom is -0.444 e. The predicted molar refractivity (Wildman–Crippen MR) is 107 cm³/mol. The van der Waals surface area contributed by atoms with Crippen LogP contribution in [0.5, 0.6) is 0 Å². The molecule has 0 bridgehead atoms. The van der Waals surface area contributed by atoms with Crippen molar-refractivity contribution in [2.45, 2.75) is 57.2 Å². The first kappa shape index (κ1) is 21.8. The first-order valence-corrected chi connectivity index (χ1v) is 9.68. The van der Waals surface area contributed by atoms with Gasteiger partial charge in [-0.25, -0.2) is 4.79 Å². The number of benzene rings is 1. The van der Waals surface area contributed by atoms with Gasteiger partial charge in [-0.2, -0.15) is 0 Å². The van der Waals surface area contributed by atoms with Gasteiger partial charge in [-0.3, -0.25) is 4.79 Å². The number of nitrogens with one attached hydrogen (secondary N) is 1. The number of piperidine rings is 1. The summed E-state index contributed by atoms with van der Waals surface area (Å²) in [6.07, 6.45) is 0.256. The Bertz CT molecular complexity index is 706. The normalized spacial score (nSPS) is 23.1. The lowest BCUT2D eigenvalue weighted by molar-refractivity contribution is -0.122. The Morgan fingerprint density at radius 2 is 1.96 bits per heavy atom. The summed E-state index contributed by atoms with van der Waals surface area (Å²) in [5.41, 5.74) is 6.71. The maximum Gasteiger partial charge on any atom is 0.410 e. The van der Waals surface area contributed by atoms with E-state index >= 15 is 0 Å². The predicted octanol–water partition coefficient (Wildman–Crippen LogP) is 3.55. The lowest BCUT2D eigenvalue weighted by Crippen LogP contribution is -2.56. The van der Waals surface area contributed by atoms with Crippen LogP contribution >= 0.6 is 23.2 Å². The van der Waals surface area contributed by atoms with Crippen LogP contribution in [0.4, 0.5) is 4.79 Å². The van der Waals surface area contributed by atoms with Gasteiger partial charge in [-0.05, 0) is 44.9 Å². The van der Waals surface area contributed by atoms with Gasteiger partial charge in [0.25, 0.3) is 0 Å². The molecule has 0 aliphatic carbocycles. The quantitative estimate of drug-likeness (QED) is 0.789. The number of likely N-dealkylation sites (tertiary alicyclic amines) is 1. The number of rotatable bonds is 3. The molecule has 1 aromatic rings. The summed E-state index contributed by atoms with van der Waals surface area (Å²) in [6.45, 7) is 5.71. The van der Waals surface area contributed by atoms with Crippen LogP contribution in [0.2, 0.25) is 10.0 Å². The zero-order valence-electron chi connectivity index (χ0n) is 16.1. The molecule has 0 aromatic heterocycles. The van der Waals surface area contributed by atoms with E-state index in [9.17, 15) is 9.59 Å². The minimum atomic E-state index is -0.626. The first-order chi connectivity index (χ1) is 12.5. The Morgan fingerprint density at radius 1 is 1.30 bits per heavy atom. The van der Waals surface area contributed by atoms with E-state index in [1.54, 1.807) is 44.9 Å². The Labute approximate surface area is 170 Å². The van der Waals surface area contributed by atoms with Gasteiger partial charge in [0.2, 0.25) is 5.91 Å². The van der Waals surface area contributed by atoms with Crippen LogP contribution < -0.4 is 11.1 Å². The summed E-state index contributed by atoms with van der Waals surface area (Å²) in [5.74, 6) is -0.190. The minimum absolute atomic E-state index is 0.0480. The van der Waals surface area contributed by atoms with Gasteiger partial charge < -0.3 is 20.7 Å². The third-order valence-electron chi connectivity index (χ3n) is 4.59. The van der Waals surface area contributed by atoms with Crippen molar-refractivity contribution < 1.29 is 14.3 Å². The van der Waals surface area contributed by atoms with Crippen LogP contribution in [-0.4, -0.2) is 48.2 Å². The van der Waals surface area contributed by atoms with Gasteiger partial charge in [-0.1, -0.05) is 29.3 Å². The molecule has 8 heteroatoms. The van der Waals surface area contributed by atoms with Crippen molar-refractivity contribution in [3.63, 3.8) is 0 Å². The van der Waals surface area contributed by atoms with Crippen LogP contribution in [-0.2, 0) is 9.53 Å². The SMILES string of the molecule is CNC(=O)CC1C[C@@H](c2ccc(Cl)c(Cl)c2)[C@H](N)CN1C(=O)OC(C)(C)C. The fourth-order valence-electron chi connectivity index (χ4n) is 3.28. The highest BCUT2D eigenvalue weighted by Crippen LogP contribution is 2.35. The number of carbonyl (C=O) groups excluding carboxylic acids is 2. The maximum atomic E-state index is 12.7. The number of halogens is 2. The van der Waals surface area contributed by atoms with Crippen LogP contribution in [0.15, 0.2) is 18.2 Å². The summed E-state index contributed by atoms with van der Waals surface area (Å²) in [7, 11) is 1.57. The molecule has 2 amide bonds. The van der Waals surface area contributed by atoms with Crippen LogP contribution in [0.25, 0.3) is 0 Å². The molecule has 27 heavy (non-hydrogen) atoms. The smallest absolute Gasteiger partial charge is 0.410 e. The molecule has 150 valence electrons. The van der Waals surface area contributed by atoms with E-state index in [2.05, 4.69) is 5.32 Å². The van der Waals surface area contributed by atoms with Crippen LogP contribution in [0, 0.1) is 0 Å². The highest BCUT2D eigenvalue weighted by atomic mass is 35.5. The molecule has 2 rings (SSSR count). The number of hydrogen-bond acceptors (Lipinski definition) is 4. The van der Waals surface area contributed by atoms with Crippen molar-refractivity contribution >= 4 is 35.2 Å². The molecule has 0 saturated carbocycles. The average Bonchev–Trinajstić information content (AvgIpc) is 2.57. The molecule has 3 atom stereocenters. The fraction of sp³-hybridized carbons (Fsp3) is 0.579. The molecular weight excluding hydrogens is 389 g/mol. The van der Waals surface area contributed by atoms with Crippen molar-refractivity contribution in [3.05, 3.63) is 33.8 Å². The van der Waals surface area contributed by atoms with Crippen molar-refractivity contribution in [2.75, 3.05) is 13.6 Å². The van der Waals surface area contributed by atoms with Crippen molar-refractivity contribution in [1.82, 2.24) is 10.2 Å². The molecule has 1 fully saturated rings. The van der Waals surface area contributed by atoms with E-state index < -0.39 is 11.7 Å². The average molecular weight is 416 g/mol. The largest absolute Gasteiger partial charge is 0.444 e. The Morgan fingerprint density at radius 3 is 2.52 bits per heavy atom. The number of carbonyl (C=O) groups is 2. The molecule has 0 radical (unpaired) electrons. The first-order valence-electron chi connectivity index (χ1n) is 8.92. The van der Waals surface area contributed by atoms with Crippen molar-refractivity contribution in [1.29, 1.82) is 0 Å². The van der Waals surface area contributed by atoms with Gasteiger partial charge in [0.05, 0.1) is 10.0 Å². The third kappa shape index (κ3) is 5.74. The van der Waals surface area contributed by atoms with E-state index in [1.807, 2.05) is 6.07 Å². The lowest BCUT2D eigenvalue weighted by Gasteiger charge is -2.43. The van der Waals surface area contributed by atoms with Crippen molar-refractivity contribution in [2.24, 2.45) is 5.73 Å². The van der Waals surface area contributed by atoms with E-state index in [-0.39, 0.29) is 30.3 Å². The highest BCUT2D eigenvalue weighted by Gasteiger charge is 2.39. The van der Waals surface area contributed by atoms with Crippen LogP contribution in [0.3, 0.4) is 0 Å². The number of ether oxygens (including phenoxy) is 1. The zero-order valence-corrected chi connectivity index (χ0v) is 17.6. The molecule has 1 unspecified atom stereocenters. The molecule has 1 aliphatic heterocycles. The molecule has 1 aliphatic rings. The molecule has 1 heterocycles. The summed E-state index contributed by atoms with van der Waals surface area (Å²) >= 11 is 12.2. The summed E-state index contributed by atoms with van der Waals surface area (Å²) in [4.78, 5) is 26.2. The monoisotopic (exact) mass is 415 g/mol. The van der Waals surface area contributed by atoms with Gasteiger partial charge >= 0.3 is 6.09 Å². The number of hydrogen-bond donors (Lipinski definition) is 2. The molecule has 0 spiro atoms. The Hall–Kier alpha value is -1.50. The standard InChI is InChI=1S/C19H27Cl2N3O3/c1-19(2,3)27-18(26)24-10-16(22)13(8-12(24)9-17(25)23-4)11-5-6-14(20)15(21)7-11/h5-7,12-13,16H,8-10,22H2,1-4H3,(H,23,25)/t12?,13-,16+/m0/s1. The van der Waals surface area contributed by atoms with E-state index in [0.29, 0.717) is 23.0 Å². The zero-order chi connectivity index (χ0) is 20.4. The summed E-state index contributed by atoms with van der Waals surface area (Å²) < 4.78 is 5.51.